The minimum Gasteiger partial charge on any atom is -0.315 e. The molecule has 0 aromatic rings. The standard InChI is InChI=1S/C13H28N2O2S/c1-11(2)6-4-7-12(3)15-18(16,17)13-8-5-9-14-10-13/h11-15H,4-10H2,1-3H3. The van der Waals surface area contributed by atoms with Crippen molar-refractivity contribution in [3.63, 3.8) is 0 Å². The molecule has 1 aliphatic heterocycles. The smallest absolute Gasteiger partial charge is 0.215 e. The summed E-state index contributed by atoms with van der Waals surface area (Å²) in [5.41, 5.74) is 0. The molecule has 1 aliphatic rings. The van der Waals surface area contributed by atoms with Gasteiger partial charge in [-0.1, -0.05) is 26.7 Å². The zero-order valence-electron chi connectivity index (χ0n) is 11.9. The van der Waals surface area contributed by atoms with Crippen molar-refractivity contribution >= 4 is 10.0 Å². The predicted molar refractivity (Wildman–Crippen MR) is 76.1 cm³/mol. The van der Waals surface area contributed by atoms with Gasteiger partial charge in [-0.15, -0.1) is 0 Å². The van der Waals surface area contributed by atoms with E-state index in [0.29, 0.717) is 12.5 Å². The summed E-state index contributed by atoms with van der Waals surface area (Å²) >= 11 is 0. The molecule has 18 heavy (non-hydrogen) atoms. The molecule has 4 nitrogen and oxygen atoms in total. The van der Waals surface area contributed by atoms with Crippen LogP contribution in [0, 0.1) is 5.92 Å². The molecule has 0 aromatic heterocycles. The van der Waals surface area contributed by atoms with Gasteiger partial charge in [0.1, 0.15) is 0 Å². The van der Waals surface area contributed by atoms with E-state index < -0.39 is 10.0 Å². The first kappa shape index (κ1) is 15.9. The summed E-state index contributed by atoms with van der Waals surface area (Å²) in [6.07, 6.45) is 4.91. The third-order valence-electron chi connectivity index (χ3n) is 3.47. The molecule has 108 valence electrons. The van der Waals surface area contributed by atoms with Crippen molar-refractivity contribution in [1.29, 1.82) is 0 Å². The largest absolute Gasteiger partial charge is 0.315 e. The third kappa shape index (κ3) is 5.67. The second-order valence-corrected chi connectivity index (χ2v) is 7.85. The maximum absolute atomic E-state index is 12.1. The molecule has 2 N–H and O–H groups in total. The van der Waals surface area contributed by atoms with Crippen LogP contribution in [0.3, 0.4) is 0 Å². The van der Waals surface area contributed by atoms with Gasteiger partial charge in [0.15, 0.2) is 0 Å². The minimum atomic E-state index is -3.15. The Hall–Kier alpha value is -0.130. The number of sulfonamides is 1. The van der Waals surface area contributed by atoms with E-state index in [0.717, 1.165) is 38.6 Å². The van der Waals surface area contributed by atoms with Crippen LogP contribution in [0.1, 0.15) is 52.9 Å². The summed E-state index contributed by atoms with van der Waals surface area (Å²) in [6.45, 7) is 7.89. The van der Waals surface area contributed by atoms with Gasteiger partial charge in [-0.25, -0.2) is 13.1 Å². The summed E-state index contributed by atoms with van der Waals surface area (Å²) in [6, 6.07) is 0.0516. The predicted octanol–water partition coefficient (Wildman–Crippen LogP) is 1.87. The van der Waals surface area contributed by atoms with E-state index in [1.54, 1.807) is 0 Å². The summed E-state index contributed by atoms with van der Waals surface area (Å²) in [4.78, 5) is 0. The SMILES string of the molecule is CC(C)CCCC(C)NS(=O)(=O)C1CCCNC1. The van der Waals surface area contributed by atoms with E-state index in [9.17, 15) is 8.42 Å². The van der Waals surface area contributed by atoms with Gasteiger partial charge >= 0.3 is 0 Å². The summed E-state index contributed by atoms with van der Waals surface area (Å²) in [5, 5.41) is 2.90. The minimum absolute atomic E-state index is 0.0516. The molecule has 2 atom stereocenters. The first-order chi connectivity index (χ1) is 8.42. The van der Waals surface area contributed by atoms with Gasteiger partial charge < -0.3 is 5.32 Å². The van der Waals surface area contributed by atoms with Crippen molar-refractivity contribution in [3.8, 4) is 0 Å². The first-order valence-electron chi connectivity index (χ1n) is 7.13. The Morgan fingerprint density at radius 2 is 2.00 bits per heavy atom. The second-order valence-electron chi connectivity index (χ2n) is 5.86. The average molecular weight is 276 g/mol. The van der Waals surface area contributed by atoms with Crippen LogP contribution in [0.2, 0.25) is 0 Å². The van der Waals surface area contributed by atoms with Crippen LogP contribution < -0.4 is 10.0 Å². The number of nitrogens with one attached hydrogen (secondary N) is 2. The van der Waals surface area contributed by atoms with Crippen molar-refractivity contribution in [1.82, 2.24) is 10.0 Å². The quantitative estimate of drug-likeness (QED) is 0.746. The first-order valence-corrected chi connectivity index (χ1v) is 8.68. The van der Waals surface area contributed by atoms with Crippen LogP contribution in [0.25, 0.3) is 0 Å². The summed E-state index contributed by atoms with van der Waals surface area (Å²) in [7, 11) is -3.15. The van der Waals surface area contributed by atoms with Gasteiger partial charge in [-0.05, 0) is 38.6 Å². The Kier molecular flexibility index (Phi) is 6.60. The molecule has 1 fully saturated rings. The van der Waals surface area contributed by atoms with Crippen LogP contribution in [-0.2, 0) is 10.0 Å². The van der Waals surface area contributed by atoms with Gasteiger partial charge in [0.05, 0.1) is 5.25 Å². The van der Waals surface area contributed by atoms with Crippen molar-refractivity contribution in [2.75, 3.05) is 13.1 Å². The lowest BCUT2D eigenvalue weighted by Crippen LogP contribution is -2.46. The molecule has 1 saturated heterocycles. The zero-order valence-corrected chi connectivity index (χ0v) is 12.7. The Balaban J connectivity index is 2.34. The molecular weight excluding hydrogens is 248 g/mol. The molecule has 1 rings (SSSR count). The van der Waals surface area contributed by atoms with Crippen LogP contribution in [0.15, 0.2) is 0 Å². The van der Waals surface area contributed by atoms with Gasteiger partial charge in [-0.3, -0.25) is 0 Å². The molecule has 0 bridgehead atoms. The lowest BCUT2D eigenvalue weighted by molar-refractivity contribution is 0.466. The van der Waals surface area contributed by atoms with Crippen LogP contribution in [0.4, 0.5) is 0 Å². The highest BCUT2D eigenvalue weighted by Crippen LogP contribution is 2.13. The van der Waals surface area contributed by atoms with Crippen LogP contribution in [0.5, 0.6) is 0 Å². The van der Waals surface area contributed by atoms with E-state index in [4.69, 9.17) is 0 Å². The lowest BCUT2D eigenvalue weighted by atomic mass is 10.0. The van der Waals surface area contributed by atoms with Gasteiger partial charge in [0.2, 0.25) is 10.0 Å². The fourth-order valence-electron chi connectivity index (χ4n) is 2.35. The maximum Gasteiger partial charge on any atom is 0.215 e. The normalized spacial score (nSPS) is 23.2. The highest BCUT2D eigenvalue weighted by atomic mass is 32.2. The van der Waals surface area contributed by atoms with E-state index in [2.05, 4.69) is 23.9 Å². The summed E-state index contributed by atoms with van der Waals surface area (Å²) < 4.78 is 27.1. The molecule has 0 spiro atoms. The van der Waals surface area contributed by atoms with Crippen molar-refractivity contribution in [2.24, 2.45) is 5.92 Å². The van der Waals surface area contributed by atoms with Gasteiger partial charge in [-0.2, -0.15) is 0 Å². The topological polar surface area (TPSA) is 58.2 Å². The Bertz CT molecular complexity index is 322. The van der Waals surface area contributed by atoms with Crippen LogP contribution in [-0.4, -0.2) is 32.8 Å². The Morgan fingerprint density at radius 3 is 2.56 bits per heavy atom. The van der Waals surface area contributed by atoms with E-state index in [1.807, 2.05) is 6.92 Å². The monoisotopic (exact) mass is 276 g/mol. The van der Waals surface area contributed by atoms with Crippen molar-refractivity contribution in [2.45, 2.75) is 64.2 Å². The lowest BCUT2D eigenvalue weighted by Gasteiger charge is -2.25. The van der Waals surface area contributed by atoms with Crippen molar-refractivity contribution < 1.29 is 8.42 Å². The van der Waals surface area contributed by atoms with E-state index in [-0.39, 0.29) is 11.3 Å². The molecule has 0 aliphatic carbocycles. The zero-order chi connectivity index (χ0) is 13.6. The molecule has 1 heterocycles. The highest BCUT2D eigenvalue weighted by molar-refractivity contribution is 7.90. The second kappa shape index (κ2) is 7.46. The van der Waals surface area contributed by atoms with E-state index in [1.165, 1.54) is 0 Å². The van der Waals surface area contributed by atoms with Gasteiger partial charge in [0, 0.05) is 12.6 Å². The molecular formula is C13H28N2O2S. The van der Waals surface area contributed by atoms with Crippen LogP contribution >= 0.6 is 0 Å². The molecule has 2 unspecified atom stereocenters. The van der Waals surface area contributed by atoms with Crippen molar-refractivity contribution in [3.05, 3.63) is 0 Å². The number of hydrogen-bond acceptors (Lipinski definition) is 3. The molecule has 0 radical (unpaired) electrons. The Labute approximate surface area is 112 Å². The maximum atomic E-state index is 12.1. The molecule has 0 amide bonds. The van der Waals surface area contributed by atoms with E-state index >= 15 is 0 Å². The number of rotatable bonds is 7. The highest BCUT2D eigenvalue weighted by Gasteiger charge is 2.27. The van der Waals surface area contributed by atoms with Gasteiger partial charge in [0.25, 0.3) is 0 Å². The molecule has 0 aromatic carbocycles. The average Bonchev–Trinajstić information content (AvgIpc) is 2.29. The Morgan fingerprint density at radius 1 is 1.28 bits per heavy atom. The fraction of sp³-hybridized carbons (Fsp3) is 1.00. The molecule has 5 heteroatoms. The number of hydrogen-bond donors (Lipinski definition) is 2. The molecule has 0 saturated carbocycles. The number of piperidine rings is 1. The summed E-state index contributed by atoms with van der Waals surface area (Å²) in [5.74, 6) is 0.691. The third-order valence-corrected chi connectivity index (χ3v) is 5.49. The fourth-order valence-corrected chi connectivity index (χ4v) is 4.04.